The third-order valence-electron chi connectivity index (χ3n) is 4.34. The van der Waals surface area contributed by atoms with E-state index in [9.17, 15) is 4.79 Å². The molecule has 3 rings (SSSR count). The minimum absolute atomic E-state index is 0.0281. The lowest BCUT2D eigenvalue weighted by molar-refractivity contribution is -0.122. The molecule has 1 aliphatic rings. The SMILES string of the molecule is CC1(C)C[C@@H](NC(=O)CCCOc2ccc(Cl)cc2)c2ccccc2O1. The van der Waals surface area contributed by atoms with Gasteiger partial charge >= 0.3 is 0 Å². The maximum atomic E-state index is 12.4. The minimum Gasteiger partial charge on any atom is -0.494 e. The highest BCUT2D eigenvalue weighted by Crippen LogP contribution is 2.39. The molecule has 1 amide bonds. The van der Waals surface area contributed by atoms with Crippen molar-refractivity contribution in [2.45, 2.75) is 44.8 Å². The molecular formula is C21H24ClNO3. The Kier molecular flexibility index (Phi) is 5.72. The van der Waals surface area contributed by atoms with Gasteiger partial charge in [0.25, 0.3) is 0 Å². The summed E-state index contributed by atoms with van der Waals surface area (Å²) in [6, 6.07) is 15.1. The van der Waals surface area contributed by atoms with Crippen LogP contribution in [0.5, 0.6) is 11.5 Å². The average molecular weight is 374 g/mol. The summed E-state index contributed by atoms with van der Waals surface area (Å²) < 4.78 is 11.6. The van der Waals surface area contributed by atoms with Gasteiger partial charge in [-0.1, -0.05) is 29.8 Å². The molecule has 138 valence electrons. The van der Waals surface area contributed by atoms with Gasteiger partial charge < -0.3 is 14.8 Å². The number of hydrogen-bond donors (Lipinski definition) is 1. The van der Waals surface area contributed by atoms with Crippen molar-refractivity contribution in [3.63, 3.8) is 0 Å². The summed E-state index contributed by atoms with van der Waals surface area (Å²) in [5.41, 5.74) is 0.738. The molecule has 0 radical (unpaired) electrons. The van der Waals surface area contributed by atoms with Crippen molar-refractivity contribution in [1.82, 2.24) is 5.32 Å². The topological polar surface area (TPSA) is 47.6 Å². The van der Waals surface area contributed by atoms with Crippen molar-refractivity contribution < 1.29 is 14.3 Å². The average Bonchev–Trinajstić information content (AvgIpc) is 2.59. The summed E-state index contributed by atoms with van der Waals surface area (Å²) in [6.07, 6.45) is 1.83. The molecule has 0 saturated carbocycles. The molecule has 26 heavy (non-hydrogen) atoms. The van der Waals surface area contributed by atoms with Crippen molar-refractivity contribution in [2.24, 2.45) is 0 Å². The predicted molar refractivity (Wildman–Crippen MR) is 103 cm³/mol. The zero-order valence-electron chi connectivity index (χ0n) is 15.1. The Hall–Kier alpha value is -2.20. The Morgan fingerprint density at radius 3 is 2.73 bits per heavy atom. The van der Waals surface area contributed by atoms with Crippen LogP contribution in [-0.4, -0.2) is 18.1 Å². The van der Waals surface area contributed by atoms with Crippen LogP contribution in [0, 0.1) is 0 Å². The van der Waals surface area contributed by atoms with Gasteiger partial charge in [-0.3, -0.25) is 4.79 Å². The highest BCUT2D eigenvalue weighted by atomic mass is 35.5. The zero-order chi connectivity index (χ0) is 18.6. The summed E-state index contributed by atoms with van der Waals surface area (Å²) in [5, 5.41) is 3.82. The number of para-hydroxylation sites is 1. The number of fused-ring (bicyclic) bond motifs is 1. The molecule has 4 nitrogen and oxygen atoms in total. The summed E-state index contributed by atoms with van der Waals surface area (Å²) in [4.78, 5) is 12.4. The quantitative estimate of drug-likeness (QED) is 0.731. The van der Waals surface area contributed by atoms with E-state index in [1.807, 2.05) is 50.2 Å². The standard InChI is InChI=1S/C21H24ClNO3/c1-21(2)14-18(17-6-3-4-7-19(17)26-21)23-20(24)8-5-13-25-16-11-9-15(22)10-12-16/h3-4,6-7,9-12,18H,5,8,13-14H2,1-2H3,(H,23,24)/t18-/m1/s1. The van der Waals surface area contributed by atoms with Crippen LogP contribution in [0.1, 0.15) is 44.7 Å². The van der Waals surface area contributed by atoms with Crippen molar-refractivity contribution in [3.8, 4) is 11.5 Å². The van der Waals surface area contributed by atoms with E-state index in [1.165, 1.54) is 0 Å². The first-order valence-corrected chi connectivity index (χ1v) is 9.26. The summed E-state index contributed by atoms with van der Waals surface area (Å²) in [7, 11) is 0. The Morgan fingerprint density at radius 1 is 1.23 bits per heavy atom. The highest BCUT2D eigenvalue weighted by molar-refractivity contribution is 6.30. The fourth-order valence-corrected chi connectivity index (χ4v) is 3.28. The molecule has 1 heterocycles. The molecule has 1 N–H and O–H groups in total. The van der Waals surface area contributed by atoms with Crippen LogP contribution < -0.4 is 14.8 Å². The van der Waals surface area contributed by atoms with Gasteiger partial charge in [0.1, 0.15) is 17.1 Å². The van der Waals surface area contributed by atoms with Gasteiger partial charge in [-0.2, -0.15) is 0 Å². The molecule has 1 atom stereocenters. The van der Waals surface area contributed by atoms with Crippen molar-refractivity contribution in [2.75, 3.05) is 6.61 Å². The van der Waals surface area contributed by atoms with Gasteiger partial charge in [-0.05, 0) is 50.6 Å². The zero-order valence-corrected chi connectivity index (χ0v) is 15.9. The molecule has 0 aromatic heterocycles. The normalized spacial score (nSPS) is 17.7. The first kappa shape index (κ1) is 18.6. The lowest BCUT2D eigenvalue weighted by Crippen LogP contribution is -2.41. The highest BCUT2D eigenvalue weighted by Gasteiger charge is 2.34. The molecule has 0 aliphatic carbocycles. The van der Waals surface area contributed by atoms with Crippen LogP contribution >= 0.6 is 11.6 Å². The Balaban J connectivity index is 1.49. The second kappa shape index (κ2) is 8.00. The molecule has 0 bridgehead atoms. The minimum atomic E-state index is -0.302. The first-order valence-electron chi connectivity index (χ1n) is 8.89. The summed E-state index contributed by atoms with van der Waals surface area (Å²) in [6.45, 7) is 4.58. The van der Waals surface area contributed by atoms with E-state index < -0.39 is 0 Å². The molecular weight excluding hydrogens is 350 g/mol. The Morgan fingerprint density at radius 2 is 1.96 bits per heavy atom. The second-order valence-corrected chi connectivity index (χ2v) is 7.57. The Labute approximate surface area is 159 Å². The van der Waals surface area contributed by atoms with Crippen LogP contribution in [0.3, 0.4) is 0 Å². The number of amides is 1. The van der Waals surface area contributed by atoms with Crippen LogP contribution in [0.15, 0.2) is 48.5 Å². The summed E-state index contributed by atoms with van der Waals surface area (Å²) >= 11 is 5.85. The number of halogens is 1. The largest absolute Gasteiger partial charge is 0.494 e. The van der Waals surface area contributed by atoms with Crippen molar-refractivity contribution in [1.29, 1.82) is 0 Å². The number of carbonyl (C=O) groups excluding carboxylic acids is 1. The van der Waals surface area contributed by atoms with Crippen LogP contribution in [0.25, 0.3) is 0 Å². The van der Waals surface area contributed by atoms with E-state index in [2.05, 4.69) is 5.32 Å². The number of rotatable bonds is 6. The Bertz CT molecular complexity index is 758. The number of benzene rings is 2. The maximum absolute atomic E-state index is 12.4. The van der Waals surface area contributed by atoms with Gasteiger partial charge in [-0.25, -0.2) is 0 Å². The monoisotopic (exact) mass is 373 g/mol. The molecule has 0 fully saturated rings. The van der Waals surface area contributed by atoms with Crippen molar-refractivity contribution >= 4 is 17.5 Å². The number of nitrogens with one attached hydrogen (secondary N) is 1. The van der Waals surface area contributed by atoms with E-state index in [4.69, 9.17) is 21.1 Å². The third kappa shape index (κ3) is 4.92. The van der Waals surface area contributed by atoms with Gasteiger partial charge in [0, 0.05) is 23.4 Å². The molecule has 0 unspecified atom stereocenters. The number of hydrogen-bond acceptors (Lipinski definition) is 3. The van der Waals surface area contributed by atoms with Crippen LogP contribution in [0.4, 0.5) is 0 Å². The van der Waals surface area contributed by atoms with E-state index in [-0.39, 0.29) is 17.6 Å². The molecule has 1 aliphatic heterocycles. The van der Waals surface area contributed by atoms with Crippen LogP contribution in [0.2, 0.25) is 5.02 Å². The molecule has 0 saturated heterocycles. The van der Waals surface area contributed by atoms with E-state index in [0.717, 1.165) is 23.5 Å². The van der Waals surface area contributed by atoms with Crippen molar-refractivity contribution in [3.05, 3.63) is 59.1 Å². The molecule has 2 aromatic rings. The second-order valence-electron chi connectivity index (χ2n) is 7.13. The van der Waals surface area contributed by atoms with Gasteiger partial charge in [-0.15, -0.1) is 0 Å². The number of ether oxygens (including phenoxy) is 2. The lowest BCUT2D eigenvalue weighted by Gasteiger charge is -2.37. The number of carbonyl (C=O) groups is 1. The fraction of sp³-hybridized carbons (Fsp3) is 0.381. The van der Waals surface area contributed by atoms with E-state index in [0.29, 0.717) is 24.5 Å². The third-order valence-corrected chi connectivity index (χ3v) is 4.59. The summed E-state index contributed by atoms with van der Waals surface area (Å²) in [5.74, 6) is 1.64. The van der Waals surface area contributed by atoms with E-state index in [1.54, 1.807) is 12.1 Å². The van der Waals surface area contributed by atoms with E-state index >= 15 is 0 Å². The molecule has 2 aromatic carbocycles. The fourth-order valence-electron chi connectivity index (χ4n) is 3.15. The van der Waals surface area contributed by atoms with Gasteiger partial charge in [0.05, 0.1) is 12.6 Å². The lowest BCUT2D eigenvalue weighted by atomic mass is 9.89. The first-order chi connectivity index (χ1) is 12.4. The van der Waals surface area contributed by atoms with Gasteiger partial charge in [0.15, 0.2) is 0 Å². The molecule has 0 spiro atoms. The van der Waals surface area contributed by atoms with Gasteiger partial charge in [0.2, 0.25) is 5.91 Å². The predicted octanol–water partition coefficient (Wildman–Crippen LogP) is 4.92. The molecule has 5 heteroatoms. The van der Waals surface area contributed by atoms with Crippen LogP contribution in [-0.2, 0) is 4.79 Å². The smallest absolute Gasteiger partial charge is 0.220 e. The maximum Gasteiger partial charge on any atom is 0.220 e.